The number of nitrogens with zero attached hydrogens (tertiary/aromatic N) is 3. The number of fused-ring (bicyclic) bond motifs is 4. The minimum Gasteiger partial charge on any atom is -0.329 e. The van der Waals surface area contributed by atoms with E-state index in [1.54, 1.807) is 0 Å². The van der Waals surface area contributed by atoms with Gasteiger partial charge in [-0.1, -0.05) is 41.7 Å². The zero-order valence-electron chi connectivity index (χ0n) is 18.4. The van der Waals surface area contributed by atoms with Gasteiger partial charge in [-0.2, -0.15) is 4.57 Å². The standard InChI is InChI=1S/C26H28N3S/c1-6-28-22-16-17(3)12-14-21(22)27(5)25(28)18(4)26-29(7-2)24-20-11-9-8-10-19(20)13-15-23(24)30-26/h8-16H,6-7H2,1-5H3/q+1. The van der Waals surface area contributed by atoms with Gasteiger partial charge in [0.15, 0.2) is 0 Å². The first-order chi connectivity index (χ1) is 14.5. The summed E-state index contributed by atoms with van der Waals surface area (Å²) in [7, 11) is 2.20. The summed E-state index contributed by atoms with van der Waals surface area (Å²) in [4.78, 5) is 4.82. The van der Waals surface area contributed by atoms with Crippen LogP contribution in [0, 0.1) is 6.92 Å². The summed E-state index contributed by atoms with van der Waals surface area (Å²) in [6.07, 6.45) is 0. The van der Waals surface area contributed by atoms with Crippen molar-refractivity contribution in [2.24, 2.45) is 0 Å². The second-order valence-electron chi connectivity index (χ2n) is 8.03. The molecule has 0 saturated carbocycles. The predicted molar refractivity (Wildman–Crippen MR) is 130 cm³/mol. The first kappa shape index (κ1) is 19.1. The Hall–Kier alpha value is -2.85. The normalized spacial score (nSPS) is 15.4. The molecule has 3 nitrogen and oxygen atoms in total. The molecule has 4 aromatic rings. The Bertz CT molecular complexity index is 1310. The molecule has 1 aromatic heterocycles. The van der Waals surface area contributed by atoms with Crippen molar-refractivity contribution in [3.05, 3.63) is 71.0 Å². The second-order valence-corrected chi connectivity index (χ2v) is 9.06. The van der Waals surface area contributed by atoms with Crippen LogP contribution in [0.25, 0.3) is 26.6 Å². The van der Waals surface area contributed by atoms with E-state index in [4.69, 9.17) is 0 Å². The molecule has 0 amide bonds. The maximum atomic E-state index is 2.50. The van der Waals surface area contributed by atoms with Gasteiger partial charge in [-0.3, -0.25) is 0 Å². The highest BCUT2D eigenvalue weighted by atomic mass is 32.1. The summed E-state index contributed by atoms with van der Waals surface area (Å²) in [6.45, 7) is 10.9. The van der Waals surface area contributed by atoms with Gasteiger partial charge < -0.3 is 9.80 Å². The molecular formula is C26H28N3S+. The number of aromatic nitrogens is 1. The Labute approximate surface area is 182 Å². The first-order valence-electron chi connectivity index (χ1n) is 10.7. The molecule has 0 fully saturated rings. The van der Waals surface area contributed by atoms with E-state index in [-0.39, 0.29) is 0 Å². The number of rotatable bonds is 3. The zero-order chi connectivity index (χ0) is 21.0. The summed E-state index contributed by atoms with van der Waals surface area (Å²) in [5.74, 6) is 1.29. The second kappa shape index (κ2) is 7.13. The molecule has 0 N–H and O–H groups in total. The van der Waals surface area contributed by atoms with E-state index in [2.05, 4.69) is 104 Å². The monoisotopic (exact) mass is 414 g/mol. The lowest BCUT2D eigenvalue weighted by atomic mass is 10.1. The third kappa shape index (κ3) is 2.67. The van der Waals surface area contributed by atoms with Crippen LogP contribution in [-0.4, -0.2) is 13.6 Å². The maximum absolute atomic E-state index is 2.50. The van der Waals surface area contributed by atoms with Crippen molar-refractivity contribution < 1.29 is 4.57 Å². The fraction of sp³-hybridized carbons (Fsp3) is 0.269. The quantitative estimate of drug-likeness (QED) is 0.362. The van der Waals surface area contributed by atoms with E-state index in [1.165, 1.54) is 54.3 Å². The lowest BCUT2D eigenvalue weighted by molar-refractivity contribution is -0.665. The van der Waals surface area contributed by atoms with Gasteiger partial charge in [0.25, 0.3) is 5.01 Å². The van der Waals surface area contributed by atoms with Gasteiger partial charge in [-0.15, -0.1) is 0 Å². The van der Waals surface area contributed by atoms with Crippen molar-refractivity contribution >= 4 is 49.3 Å². The van der Waals surface area contributed by atoms with Crippen molar-refractivity contribution in [3.8, 4) is 0 Å². The molecule has 1 aliphatic rings. The first-order valence-corrected chi connectivity index (χ1v) is 11.5. The molecule has 152 valence electrons. The van der Waals surface area contributed by atoms with Crippen molar-refractivity contribution in [1.82, 2.24) is 0 Å². The largest absolute Gasteiger partial charge is 0.329 e. The molecule has 0 unspecified atom stereocenters. The minimum absolute atomic E-state index is 0.952. The smallest absolute Gasteiger partial charge is 0.269 e. The van der Waals surface area contributed by atoms with Gasteiger partial charge in [0.05, 0.1) is 22.3 Å². The highest BCUT2D eigenvalue weighted by molar-refractivity contribution is 7.19. The fourth-order valence-corrected chi connectivity index (χ4v) is 6.09. The number of allylic oxidation sites excluding steroid dienone is 1. The topological polar surface area (TPSA) is 10.4 Å². The Morgan fingerprint density at radius 1 is 1.00 bits per heavy atom. The molecule has 0 atom stereocenters. The molecule has 30 heavy (non-hydrogen) atoms. The average molecular weight is 415 g/mol. The summed E-state index contributed by atoms with van der Waals surface area (Å²) in [5.41, 5.74) is 6.58. The van der Waals surface area contributed by atoms with Crippen molar-refractivity contribution in [3.63, 3.8) is 0 Å². The van der Waals surface area contributed by atoms with Gasteiger partial charge in [-0.05, 0) is 62.9 Å². The number of aryl methyl sites for hydroxylation is 2. The highest BCUT2D eigenvalue weighted by Gasteiger charge is 2.33. The van der Waals surface area contributed by atoms with Crippen LogP contribution < -0.4 is 14.4 Å². The molecule has 4 heteroatoms. The molecule has 5 rings (SSSR count). The summed E-state index contributed by atoms with van der Waals surface area (Å²) >= 11 is 1.91. The molecule has 0 saturated heterocycles. The fourth-order valence-electron chi connectivity index (χ4n) is 4.85. The van der Waals surface area contributed by atoms with Gasteiger partial charge in [-0.25, -0.2) is 0 Å². The lowest BCUT2D eigenvalue weighted by Gasteiger charge is -2.23. The molecular weight excluding hydrogens is 386 g/mol. The Kier molecular flexibility index (Phi) is 4.55. The van der Waals surface area contributed by atoms with Gasteiger partial charge >= 0.3 is 0 Å². The molecule has 1 aliphatic heterocycles. The van der Waals surface area contributed by atoms with E-state index in [1.807, 2.05) is 11.3 Å². The summed E-state index contributed by atoms with van der Waals surface area (Å²) in [6, 6.07) is 20.0. The number of hydrogen-bond donors (Lipinski definition) is 0. The van der Waals surface area contributed by atoms with Crippen LogP contribution in [0.4, 0.5) is 11.4 Å². The van der Waals surface area contributed by atoms with Gasteiger partial charge in [0.2, 0.25) is 5.52 Å². The molecule has 0 spiro atoms. The average Bonchev–Trinajstić information content (AvgIpc) is 3.28. The van der Waals surface area contributed by atoms with Crippen LogP contribution >= 0.6 is 11.3 Å². The van der Waals surface area contributed by atoms with Crippen LogP contribution in [0.3, 0.4) is 0 Å². The van der Waals surface area contributed by atoms with Gasteiger partial charge in [0.1, 0.15) is 17.1 Å². The number of anilines is 2. The molecule has 2 heterocycles. The van der Waals surface area contributed by atoms with Gasteiger partial charge in [0, 0.05) is 13.6 Å². The minimum atomic E-state index is 0.952. The Morgan fingerprint density at radius 2 is 1.80 bits per heavy atom. The van der Waals surface area contributed by atoms with Crippen LogP contribution in [0.5, 0.6) is 0 Å². The van der Waals surface area contributed by atoms with Crippen LogP contribution in [0.2, 0.25) is 0 Å². The SMILES string of the molecule is CCN1C(=C(C)c2sc3ccc4ccccc4c3[n+]2CC)N(C)c2ccc(C)cc21. The Morgan fingerprint density at radius 3 is 2.57 bits per heavy atom. The van der Waals surface area contributed by atoms with E-state index in [0.717, 1.165) is 13.1 Å². The maximum Gasteiger partial charge on any atom is 0.269 e. The van der Waals surface area contributed by atoms with E-state index < -0.39 is 0 Å². The van der Waals surface area contributed by atoms with Crippen LogP contribution in [0.15, 0.2) is 60.4 Å². The number of thiazole rings is 1. The van der Waals surface area contributed by atoms with E-state index >= 15 is 0 Å². The molecule has 0 bridgehead atoms. The number of hydrogen-bond acceptors (Lipinski definition) is 3. The zero-order valence-corrected chi connectivity index (χ0v) is 19.2. The number of benzene rings is 3. The van der Waals surface area contributed by atoms with Crippen molar-refractivity contribution in [2.75, 3.05) is 23.4 Å². The Balaban J connectivity index is 1.78. The van der Waals surface area contributed by atoms with Crippen LogP contribution in [0.1, 0.15) is 31.3 Å². The molecule has 0 radical (unpaired) electrons. The van der Waals surface area contributed by atoms with E-state index in [9.17, 15) is 0 Å². The highest BCUT2D eigenvalue weighted by Crippen LogP contribution is 2.44. The van der Waals surface area contributed by atoms with Crippen molar-refractivity contribution in [1.29, 1.82) is 0 Å². The third-order valence-corrected chi connectivity index (χ3v) is 7.50. The summed E-state index contributed by atoms with van der Waals surface area (Å²) < 4.78 is 3.85. The van der Waals surface area contributed by atoms with Crippen molar-refractivity contribution in [2.45, 2.75) is 34.2 Å². The summed E-state index contributed by atoms with van der Waals surface area (Å²) in [5, 5.41) is 3.98. The molecule has 3 aromatic carbocycles. The predicted octanol–water partition coefficient (Wildman–Crippen LogP) is 6.34. The van der Waals surface area contributed by atoms with E-state index in [0.29, 0.717) is 0 Å². The third-order valence-electron chi connectivity index (χ3n) is 6.23. The lowest BCUT2D eigenvalue weighted by Crippen LogP contribution is -2.36. The molecule has 0 aliphatic carbocycles. The van der Waals surface area contributed by atoms with Crippen LogP contribution in [-0.2, 0) is 6.54 Å².